The predicted molar refractivity (Wildman–Crippen MR) is 148 cm³/mol. The van der Waals surface area contributed by atoms with Gasteiger partial charge in [0.2, 0.25) is 0 Å². The fourth-order valence-corrected chi connectivity index (χ4v) is 4.06. The van der Waals surface area contributed by atoms with E-state index in [0.29, 0.717) is 24.6 Å². The third-order valence-electron chi connectivity index (χ3n) is 5.27. The van der Waals surface area contributed by atoms with E-state index in [0.717, 1.165) is 27.7 Å². The third-order valence-corrected chi connectivity index (χ3v) is 6.20. The Hall–Kier alpha value is -3.76. The molecule has 0 aliphatic rings. The van der Waals surface area contributed by atoms with E-state index in [2.05, 4.69) is 76.9 Å². The zero-order chi connectivity index (χ0) is 25.4. The smallest absolute Gasteiger partial charge is 0.129 e. The maximum absolute atomic E-state index is 5.55. The van der Waals surface area contributed by atoms with Gasteiger partial charge in [-0.1, -0.05) is 32.1 Å². The van der Waals surface area contributed by atoms with Crippen molar-refractivity contribution >= 4 is 24.7 Å². The Bertz CT molecular complexity index is 1310. The molecule has 3 rings (SSSR count). The molecular formula is C28H34N4O2Si. The summed E-state index contributed by atoms with van der Waals surface area (Å²) >= 11 is 0. The van der Waals surface area contributed by atoms with Crippen molar-refractivity contribution in [3.8, 4) is 22.6 Å². The number of ether oxygens (including phenoxy) is 2. The number of hydrogen-bond acceptors (Lipinski definition) is 5. The van der Waals surface area contributed by atoms with Gasteiger partial charge in [-0.2, -0.15) is 5.10 Å². The van der Waals surface area contributed by atoms with Crippen LogP contribution in [-0.4, -0.2) is 50.1 Å². The molecule has 0 atom stereocenters. The van der Waals surface area contributed by atoms with E-state index < -0.39 is 8.07 Å². The average Bonchev–Trinajstić information content (AvgIpc) is 3.28. The summed E-state index contributed by atoms with van der Waals surface area (Å²) in [6, 6.07) is 8.47. The minimum absolute atomic E-state index is 0.612. The quantitative estimate of drug-likeness (QED) is 0.171. The van der Waals surface area contributed by atoms with Crippen molar-refractivity contribution in [3.63, 3.8) is 0 Å². The largest absolute Gasteiger partial charge is 0.497 e. The Morgan fingerprint density at radius 1 is 1.11 bits per heavy atom. The molecule has 1 aromatic carbocycles. The molecule has 182 valence electrons. The first-order valence-corrected chi connectivity index (χ1v) is 15.0. The zero-order valence-electron chi connectivity index (χ0n) is 21.5. The molecule has 0 spiro atoms. The van der Waals surface area contributed by atoms with Gasteiger partial charge in [-0.3, -0.25) is 9.67 Å². The topological polar surface area (TPSA) is 52.4 Å². The second-order valence-corrected chi connectivity index (χ2v) is 14.0. The van der Waals surface area contributed by atoms with Crippen molar-refractivity contribution in [2.45, 2.75) is 19.6 Å². The number of allylic oxidation sites excluding steroid dienone is 2. The van der Waals surface area contributed by atoms with Crippen molar-refractivity contribution in [2.24, 2.45) is 7.05 Å². The Balaban J connectivity index is 1.98. The van der Waals surface area contributed by atoms with Gasteiger partial charge in [-0.15, -0.1) is 5.54 Å². The second kappa shape index (κ2) is 11.6. The van der Waals surface area contributed by atoms with E-state index in [1.54, 1.807) is 25.0 Å². The number of nitrogens with zero attached hydrogens (tertiary/aromatic N) is 4. The average molecular weight is 487 g/mol. The lowest BCUT2D eigenvalue weighted by Crippen LogP contribution is -2.25. The van der Waals surface area contributed by atoms with Gasteiger partial charge < -0.3 is 14.4 Å². The number of benzene rings is 1. The van der Waals surface area contributed by atoms with E-state index in [-0.39, 0.29) is 0 Å². The van der Waals surface area contributed by atoms with Crippen LogP contribution in [0.4, 0.5) is 5.69 Å². The van der Waals surface area contributed by atoms with Crippen molar-refractivity contribution in [2.75, 3.05) is 32.2 Å². The minimum atomic E-state index is -1.48. The summed E-state index contributed by atoms with van der Waals surface area (Å²) in [5, 5.41) is 5.35. The number of aryl methyl sites for hydroxylation is 1. The van der Waals surface area contributed by atoms with Crippen molar-refractivity contribution in [1.82, 2.24) is 14.8 Å². The summed E-state index contributed by atoms with van der Waals surface area (Å²) < 4.78 is 12.6. The maximum Gasteiger partial charge on any atom is 0.129 e. The Labute approximate surface area is 209 Å². The van der Waals surface area contributed by atoms with Gasteiger partial charge >= 0.3 is 0 Å². The number of aromatic nitrogens is 3. The summed E-state index contributed by atoms with van der Waals surface area (Å²) in [6.07, 6.45) is 11.2. The molecule has 0 aliphatic heterocycles. The van der Waals surface area contributed by atoms with Crippen LogP contribution >= 0.6 is 0 Å². The summed E-state index contributed by atoms with van der Waals surface area (Å²) in [5.41, 5.74) is 7.57. The van der Waals surface area contributed by atoms with E-state index in [1.807, 2.05) is 37.8 Å². The van der Waals surface area contributed by atoms with Crippen molar-refractivity contribution in [3.05, 3.63) is 79.2 Å². The molecule has 0 bridgehead atoms. The number of rotatable bonds is 9. The molecule has 0 unspecified atom stereocenters. The van der Waals surface area contributed by atoms with Gasteiger partial charge in [0.05, 0.1) is 32.5 Å². The highest BCUT2D eigenvalue weighted by Crippen LogP contribution is 2.26. The van der Waals surface area contributed by atoms with Gasteiger partial charge in [-0.25, -0.2) is 0 Å². The number of pyridine rings is 1. The molecule has 2 heterocycles. The molecule has 0 amide bonds. The van der Waals surface area contributed by atoms with Gasteiger partial charge in [0, 0.05) is 54.3 Å². The Morgan fingerprint density at radius 3 is 2.51 bits per heavy atom. The fraction of sp³-hybridized carbons (Fsp3) is 0.286. The molecule has 0 radical (unpaired) electrons. The first-order valence-electron chi connectivity index (χ1n) is 11.5. The summed E-state index contributed by atoms with van der Waals surface area (Å²) in [6.45, 7) is 11.8. The lowest BCUT2D eigenvalue weighted by molar-refractivity contribution is 0.284. The molecule has 0 N–H and O–H groups in total. The van der Waals surface area contributed by atoms with Crippen molar-refractivity contribution < 1.29 is 9.47 Å². The molecule has 0 saturated heterocycles. The van der Waals surface area contributed by atoms with Crippen molar-refractivity contribution in [1.29, 1.82) is 0 Å². The highest BCUT2D eigenvalue weighted by molar-refractivity contribution is 6.83. The minimum Gasteiger partial charge on any atom is -0.497 e. The van der Waals surface area contributed by atoms with Gasteiger partial charge in [0.15, 0.2) is 0 Å². The van der Waals surface area contributed by atoms with Crippen LogP contribution in [0.25, 0.3) is 22.0 Å². The molecule has 0 aliphatic carbocycles. The molecule has 2 aromatic heterocycles. The van der Waals surface area contributed by atoms with Gasteiger partial charge in [-0.05, 0) is 36.4 Å². The standard InChI is InChI=1S/C28H34N4O2Si/c1-8-26(33-3)18-27(34-4)12-14-32(13-9-15-35(5,6)7)25-10-11-28-22(17-25)16-23(19-29-28)24-20-30-31(2)21-24/h8,10-12,16-21H,1,13-14H2,2-7H3. The predicted octanol–water partition coefficient (Wildman–Crippen LogP) is 5.57. The lowest BCUT2D eigenvalue weighted by atomic mass is 10.1. The van der Waals surface area contributed by atoms with Crippen LogP contribution < -0.4 is 4.90 Å². The van der Waals surface area contributed by atoms with Crippen LogP contribution in [0.5, 0.6) is 0 Å². The monoisotopic (exact) mass is 486 g/mol. The number of fused-ring (bicyclic) bond motifs is 1. The second-order valence-electron chi connectivity index (χ2n) is 9.20. The van der Waals surface area contributed by atoms with Crippen LogP contribution in [-0.2, 0) is 16.5 Å². The number of anilines is 1. The molecule has 6 nitrogen and oxygen atoms in total. The van der Waals surface area contributed by atoms with Crippen LogP contribution in [0, 0.1) is 11.5 Å². The van der Waals surface area contributed by atoms with Crippen LogP contribution in [0.2, 0.25) is 19.6 Å². The van der Waals surface area contributed by atoms with E-state index in [9.17, 15) is 0 Å². The van der Waals surface area contributed by atoms with Gasteiger partial charge in [0.25, 0.3) is 0 Å². The van der Waals surface area contributed by atoms with Crippen LogP contribution in [0.3, 0.4) is 0 Å². The lowest BCUT2D eigenvalue weighted by Gasteiger charge is -2.22. The van der Waals surface area contributed by atoms with E-state index >= 15 is 0 Å². The molecule has 7 heteroatoms. The molecule has 0 saturated carbocycles. The first kappa shape index (κ1) is 25.9. The highest BCUT2D eigenvalue weighted by atomic mass is 28.3. The number of hydrogen-bond donors (Lipinski definition) is 0. The normalized spacial score (nSPS) is 12.2. The van der Waals surface area contributed by atoms with E-state index in [4.69, 9.17) is 9.47 Å². The fourth-order valence-electron chi connectivity index (χ4n) is 3.45. The first-order chi connectivity index (χ1) is 16.7. The SMILES string of the molecule is C=CC(=CC(=CCN(CC#C[Si](C)(C)C)c1ccc2ncc(-c3cnn(C)c3)cc2c1)OC)OC. The summed E-state index contributed by atoms with van der Waals surface area (Å²) in [5.74, 6) is 4.74. The van der Waals surface area contributed by atoms with Gasteiger partial charge in [0.1, 0.15) is 19.6 Å². The molecule has 35 heavy (non-hydrogen) atoms. The zero-order valence-corrected chi connectivity index (χ0v) is 22.5. The summed E-state index contributed by atoms with van der Waals surface area (Å²) in [7, 11) is 3.70. The van der Waals surface area contributed by atoms with Crippen LogP contribution in [0.15, 0.2) is 79.2 Å². The summed E-state index contributed by atoms with van der Waals surface area (Å²) in [4.78, 5) is 6.89. The highest BCUT2D eigenvalue weighted by Gasteiger charge is 2.11. The number of methoxy groups -OCH3 is 2. The molecule has 0 fully saturated rings. The third kappa shape index (κ3) is 7.36. The molecular weight excluding hydrogens is 452 g/mol. The Kier molecular flexibility index (Phi) is 8.56. The Morgan fingerprint density at radius 2 is 1.89 bits per heavy atom. The van der Waals surface area contributed by atoms with Crippen LogP contribution in [0.1, 0.15) is 0 Å². The maximum atomic E-state index is 5.55. The van der Waals surface area contributed by atoms with E-state index in [1.165, 1.54) is 0 Å². The molecule has 3 aromatic rings.